The fraction of sp³-hybridized carbons (Fsp3) is 0.179. The largest absolute Gasteiger partial charge is 0.452 e. The molecule has 9 heteroatoms. The summed E-state index contributed by atoms with van der Waals surface area (Å²) in [5.41, 5.74) is 2.72. The Bertz CT molecular complexity index is 1390. The summed E-state index contributed by atoms with van der Waals surface area (Å²) in [6, 6.07) is 24.6. The summed E-state index contributed by atoms with van der Waals surface area (Å²) in [6.07, 6.45) is 2.04. The molecule has 1 fully saturated rings. The lowest BCUT2D eigenvalue weighted by Crippen LogP contribution is -2.32. The van der Waals surface area contributed by atoms with Crippen LogP contribution in [0.25, 0.3) is 0 Å². The monoisotopic (exact) mass is 548 g/mol. The van der Waals surface area contributed by atoms with Crippen LogP contribution in [0.3, 0.4) is 0 Å². The topological polar surface area (TPSA) is 70.4 Å². The summed E-state index contributed by atoms with van der Waals surface area (Å²) < 4.78 is 6.31. The fourth-order valence-corrected chi connectivity index (χ4v) is 5.53. The van der Waals surface area contributed by atoms with Crippen molar-refractivity contribution in [2.24, 2.45) is 0 Å². The smallest absolute Gasteiger partial charge is 0.226 e. The van der Waals surface area contributed by atoms with Gasteiger partial charge in [0.05, 0.1) is 11.7 Å². The third-order valence-corrected chi connectivity index (χ3v) is 7.54. The molecule has 0 bridgehead atoms. The average Bonchev–Trinajstić information content (AvgIpc) is 3.48. The second kappa shape index (κ2) is 11.4. The Hall–Kier alpha value is -3.33. The lowest BCUT2D eigenvalue weighted by atomic mass is 10.0. The van der Waals surface area contributed by atoms with Crippen LogP contribution in [0.2, 0.25) is 5.02 Å². The molecule has 4 aromatic rings. The van der Waals surface area contributed by atoms with E-state index in [-0.39, 0.29) is 24.4 Å². The number of hydrogen-bond acceptors (Lipinski definition) is 5. The van der Waals surface area contributed by atoms with E-state index in [1.807, 2.05) is 90.7 Å². The summed E-state index contributed by atoms with van der Waals surface area (Å²) in [5.74, 6) is 0.672. The SMILES string of the molecule is Cc1cccc(NC(=O)CCN2C(=S)N[C@H](c3ccccn3)[C@H]2c2ccc(Sc3ccc(Cl)cc3)o2)c1. The van der Waals surface area contributed by atoms with Crippen LogP contribution in [-0.4, -0.2) is 27.4 Å². The summed E-state index contributed by atoms with van der Waals surface area (Å²) in [5, 5.41) is 8.38. The molecule has 37 heavy (non-hydrogen) atoms. The quantitative estimate of drug-likeness (QED) is 0.235. The molecule has 1 aliphatic heterocycles. The molecule has 5 rings (SSSR count). The van der Waals surface area contributed by atoms with Crippen molar-refractivity contribution in [3.63, 3.8) is 0 Å². The number of rotatable bonds is 8. The number of nitrogens with zero attached hydrogens (tertiary/aromatic N) is 2. The van der Waals surface area contributed by atoms with Gasteiger partial charge in [-0.05, 0) is 85.4 Å². The Labute approximate surface area is 230 Å². The van der Waals surface area contributed by atoms with Crippen LogP contribution in [0.4, 0.5) is 5.69 Å². The Morgan fingerprint density at radius 3 is 2.73 bits per heavy atom. The average molecular weight is 549 g/mol. The molecule has 2 aromatic heterocycles. The van der Waals surface area contributed by atoms with Crippen molar-refractivity contribution in [3.8, 4) is 0 Å². The molecule has 1 amide bonds. The maximum absolute atomic E-state index is 12.8. The minimum absolute atomic E-state index is 0.0770. The zero-order valence-electron chi connectivity index (χ0n) is 20.1. The minimum atomic E-state index is -0.256. The highest BCUT2D eigenvalue weighted by atomic mass is 35.5. The molecule has 0 spiro atoms. The summed E-state index contributed by atoms with van der Waals surface area (Å²) in [6.45, 7) is 2.42. The van der Waals surface area contributed by atoms with E-state index in [4.69, 9.17) is 28.2 Å². The zero-order chi connectivity index (χ0) is 25.8. The number of pyridine rings is 1. The number of thiocarbonyl (C=S) groups is 1. The molecule has 6 nitrogen and oxygen atoms in total. The van der Waals surface area contributed by atoms with Crippen LogP contribution in [0, 0.1) is 6.92 Å². The number of aryl methyl sites for hydroxylation is 1. The fourth-order valence-electron chi connectivity index (χ4n) is 4.29. The maximum atomic E-state index is 12.8. The minimum Gasteiger partial charge on any atom is -0.452 e. The van der Waals surface area contributed by atoms with Gasteiger partial charge in [0.15, 0.2) is 10.2 Å². The first-order valence-electron chi connectivity index (χ1n) is 11.8. The molecular weight excluding hydrogens is 524 g/mol. The van der Waals surface area contributed by atoms with Crippen molar-refractivity contribution in [2.45, 2.75) is 35.4 Å². The lowest BCUT2D eigenvalue weighted by Gasteiger charge is -2.25. The molecule has 0 aliphatic carbocycles. The Morgan fingerprint density at radius 2 is 1.97 bits per heavy atom. The van der Waals surface area contributed by atoms with Crippen molar-refractivity contribution in [1.82, 2.24) is 15.2 Å². The normalized spacial score (nSPS) is 17.0. The summed E-state index contributed by atoms with van der Waals surface area (Å²) in [4.78, 5) is 20.4. The number of anilines is 1. The number of benzene rings is 2. The molecular formula is C28H25ClN4O2S2. The highest BCUT2D eigenvalue weighted by Gasteiger charge is 2.41. The highest BCUT2D eigenvalue weighted by Crippen LogP contribution is 2.41. The molecule has 2 atom stereocenters. The number of furan rings is 1. The van der Waals surface area contributed by atoms with E-state index in [2.05, 4.69) is 15.6 Å². The predicted molar refractivity (Wildman–Crippen MR) is 151 cm³/mol. The second-order valence-corrected chi connectivity index (χ2v) is 10.6. The number of carbonyl (C=O) groups is 1. The van der Waals surface area contributed by atoms with Crippen molar-refractivity contribution in [2.75, 3.05) is 11.9 Å². The molecule has 0 unspecified atom stereocenters. The number of hydrogen-bond donors (Lipinski definition) is 2. The number of carbonyl (C=O) groups excluding carboxylic acids is 1. The van der Waals surface area contributed by atoms with Crippen molar-refractivity contribution in [1.29, 1.82) is 0 Å². The van der Waals surface area contributed by atoms with Gasteiger partial charge in [-0.15, -0.1) is 0 Å². The van der Waals surface area contributed by atoms with Gasteiger partial charge in [0.2, 0.25) is 5.91 Å². The van der Waals surface area contributed by atoms with E-state index in [9.17, 15) is 4.79 Å². The van der Waals surface area contributed by atoms with Gasteiger partial charge in [-0.25, -0.2) is 0 Å². The number of aromatic nitrogens is 1. The number of amides is 1. The highest BCUT2D eigenvalue weighted by molar-refractivity contribution is 7.99. The Morgan fingerprint density at radius 1 is 1.14 bits per heavy atom. The van der Waals surface area contributed by atoms with E-state index >= 15 is 0 Å². The van der Waals surface area contributed by atoms with Crippen molar-refractivity contribution in [3.05, 3.63) is 107 Å². The van der Waals surface area contributed by atoms with Crippen LogP contribution in [0.5, 0.6) is 0 Å². The predicted octanol–water partition coefficient (Wildman–Crippen LogP) is 6.79. The van der Waals surface area contributed by atoms with Crippen LogP contribution in [-0.2, 0) is 4.79 Å². The van der Waals surface area contributed by atoms with Crippen LogP contribution in [0.15, 0.2) is 99.5 Å². The summed E-state index contributed by atoms with van der Waals surface area (Å²) in [7, 11) is 0. The van der Waals surface area contributed by atoms with Gasteiger partial charge in [-0.3, -0.25) is 9.78 Å². The van der Waals surface area contributed by atoms with Crippen LogP contribution in [0.1, 0.15) is 35.5 Å². The van der Waals surface area contributed by atoms with Gasteiger partial charge < -0.3 is 20.0 Å². The molecule has 0 saturated carbocycles. The number of nitrogens with one attached hydrogen (secondary N) is 2. The van der Waals surface area contributed by atoms with Crippen molar-refractivity contribution < 1.29 is 9.21 Å². The van der Waals surface area contributed by atoms with Gasteiger partial charge in [0.25, 0.3) is 0 Å². The third-order valence-electron chi connectivity index (χ3n) is 6.01. The van der Waals surface area contributed by atoms with E-state index < -0.39 is 0 Å². The molecule has 2 aromatic carbocycles. The van der Waals surface area contributed by atoms with Gasteiger partial charge in [0.1, 0.15) is 11.8 Å². The van der Waals surface area contributed by atoms with Gasteiger partial charge >= 0.3 is 0 Å². The summed E-state index contributed by atoms with van der Waals surface area (Å²) >= 11 is 13.3. The molecule has 1 aliphatic rings. The van der Waals surface area contributed by atoms with Gasteiger partial charge in [0, 0.05) is 34.8 Å². The maximum Gasteiger partial charge on any atom is 0.226 e. The molecule has 1 saturated heterocycles. The third kappa shape index (κ3) is 6.15. The van der Waals surface area contributed by atoms with Crippen LogP contribution >= 0.6 is 35.6 Å². The second-order valence-electron chi connectivity index (χ2n) is 8.70. The molecule has 3 heterocycles. The molecule has 2 N–H and O–H groups in total. The molecule has 188 valence electrons. The standard InChI is InChI=1S/C28H25ClN4O2S2/c1-18-5-4-6-20(17-18)31-24(34)14-16-33-27(26(32-28(33)36)22-7-2-3-15-30-22)23-12-13-25(35-23)37-21-10-8-19(29)9-11-21/h2-13,15,17,26-27H,14,16H2,1H3,(H,31,34)(H,32,36)/t26-,27-/m1/s1. The zero-order valence-corrected chi connectivity index (χ0v) is 22.4. The first-order valence-corrected chi connectivity index (χ1v) is 13.4. The van der Waals surface area contributed by atoms with Crippen LogP contribution < -0.4 is 10.6 Å². The van der Waals surface area contributed by atoms with Gasteiger partial charge in [-0.1, -0.05) is 41.6 Å². The first kappa shape index (κ1) is 25.3. The van der Waals surface area contributed by atoms with E-state index in [0.29, 0.717) is 16.7 Å². The van der Waals surface area contributed by atoms with E-state index in [0.717, 1.165) is 32.7 Å². The van der Waals surface area contributed by atoms with E-state index in [1.54, 1.807) is 6.20 Å². The lowest BCUT2D eigenvalue weighted by molar-refractivity contribution is -0.116. The van der Waals surface area contributed by atoms with Gasteiger partial charge in [-0.2, -0.15) is 0 Å². The Kier molecular flexibility index (Phi) is 7.79. The molecule has 0 radical (unpaired) electrons. The Balaban J connectivity index is 1.35. The number of halogens is 1. The van der Waals surface area contributed by atoms with E-state index in [1.165, 1.54) is 11.8 Å². The van der Waals surface area contributed by atoms with Crippen molar-refractivity contribution >= 4 is 52.3 Å². The first-order chi connectivity index (χ1) is 18.0.